The van der Waals surface area contributed by atoms with E-state index in [0.717, 1.165) is 52.0 Å². The van der Waals surface area contributed by atoms with Crippen molar-refractivity contribution in [3.8, 4) is 0 Å². The topological polar surface area (TPSA) is 206 Å². The van der Waals surface area contributed by atoms with E-state index in [1.807, 2.05) is 50.7 Å². The van der Waals surface area contributed by atoms with Crippen LogP contribution in [0.25, 0.3) is 22.1 Å². The Labute approximate surface area is 397 Å². The van der Waals surface area contributed by atoms with Gasteiger partial charge in [-0.1, -0.05) is 41.5 Å². The molecule has 9 rings (SSSR count). The minimum absolute atomic E-state index is 0.00895. The fourth-order valence-corrected chi connectivity index (χ4v) is 11.2. The molecule has 3 fully saturated rings. The number of alkyl halides is 4. The number of aromatic carboxylic acids is 1. The maximum Gasteiger partial charge on any atom is 0.338 e. The third kappa shape index (κ3) is 10.8. The summed E-state index contributed by atoms with van der Waals surface area (Å²) in [7, 11) is -8.15. The lowest BCUT2D eigenvalue weighted by molar-refractivity contribution is -0.0478. The Balaban J connectivity index is 0.000000187. The number of hydrogen-bond donors (Lipinski definition) is 2. The van der Waals surface area contributed by atoms with Gasteiger partial charge in [0.25, 0.3) is 26.0 Å². The molecule has 6 aromatic rings. The first-order valence-electron chi connectivity index (χ1n) is 23.0. The molecule has 2 N–H and O–H groups in total. The predicted molar refractivity (Wildman–Crippen MR) is 248 cm³/mol. The average Bonchev–Trinajstić information content (AvgIpc) is 3.67. The predicted octanol–water partition coefficient (Wildman–Crippen LogP) is 8.78. The number of halogens is 4. The highest BCUT2D eigenvalue weighted by Crippen LogP contribution is 2.40. The van der Waals surface area contributed by atoms with Gasteiger partial charge in [-0.2, -0.15) is 35.2 Å². The fourth-order valence-electron chi connectivity index (χ4n) is 8.95. The molecule has 2 aromatic carbocycles. The van der Waals surface area contributed by atoms with Crippen LogP contribution in [0.1, 0.15) is 138 Å². The number of nitrogens with zero attached hydrogens (tertiary/aromatic N) is 8. The van der Waals surface area contributed by atoms with Crippen molar-refractivity contribution in [2.24, 2.45) is 11.8 Å². The zero-order valence-electron chi connectivity index (χ0n) is 39.3. The number of carboxylic acid groups (broad SMARTS) is 1. The van der Waals surface area contributed by atoms with Crippen molar-refractivity contribution in [1.82, 2.24) is 42.8 Å². The van der Waals surface area contributed by atoms with Crippen molar-refractivity contribution in [3.05, 3.63) is 84.0 Å². The van der Waals surface area contributed by atoms with Gasteiger partial charge in [-0.3, -0.25) is 4.79 Å². The minimum Gasteiger partial charge on any atom is -0.478 e. The molecule has 22 heteroatoms. The molecule has 4 aromatic heterocycles. The van der Waals surface area contributed by atoms with E-state index in [9.17, 15) is 44.0 Å². The largest absolute Gasteiger partial charge is 0.478 e. The zero-order chi connectivity index (χ0) is 50.1. The molecule has 1 amide bonds. The SMILES string of the molecule is CC(C)(C)c1nc2cc(S(=O)(=O)n3cc(C(=O)NC4CC4)cn3)ccc2n1CC1CCC(F)(F)CC1.CC(C)(C)c1nc2cc(S(=O)(=O)n3cc(C(=O)O)cn3)ccc2n1CC1CCC(F)(F)CC1. The van der Waals surface area contributed by atoms with Gasteiger partial charge in [-0.05, 0) is 86.8 Å². The van der Waals surface area contributed by atoms with Gasteiger partial charge in [0.15, 0.2) is 0 Å². The second-order valence-electron chi connectivity index (χ2n) is 20.8. The maximum atomic E-state index is 13.7. The summed E-state index contributed by atoms with van der Waals surface area (Å²) < 4.78 is 113. The fraction of sp³-hybridized carbons (Fsp3) is 0.532. The Morgan fingerprint density at radius 3 is 1.41 bits per heavy atom. The van der Waals surface area contributed by atoms with Gasteiger partial charge in [0.1, 0.15) is 11.6 Å². The number of aromatic nitrogens is 8. The smallest absolute Gasteiger partial charge is 0.338 e. The van der Waals surface area contributed by atoms with Gasteiger partial charge in [-0.15, -0.1) is 0 Å². The number of fused-ring (bicyclic) bond motifs is 2. The van der Waals surface area contributed by atoms with Crippen molar-refractivity contribution < 1.29 is 49.1 Å². The Bertz CT molecular complexity index is 3140. The van der Waals surface area contributed by atoms with Gasteiger partial charge in [0.2, 0.25) is 11.8 Å². The summed E-state index contributed by atoms with van der Waals surface area (Å²) in [5, 5.41) is 19.5. The first-order valence-corrected chi connectivity index (χ1v) is 25.9. The number of hydrogen-bond acceptors (Lipinski definition) is 10. The number of imidazole rings is 2. The highest BCUT2D eigenvalue weighted by Gasteiger charge is 2.38. The Morgan fingerprint density at radius 1 is 0.652 bits per heavy atom. The standard InChI is InChI=1S/C25H31F2N5O3S.C22H26F2N4O4S/c1-24(2,3)23-30-20-12-19(6-7-21(20)31(23)14-16-8-10-25(26,27)11-9-16)36(34,35)32-15-17(13-28-32)22(33)29-18-4-5-18;1-21(2,3)20-26-17-10-16(33(31,32)28-13-15(11-25-28)19(29)30)4-5-18(17)27(20)12-14-6-8-22(23,24)9-7-14/h6-7,12-13,15-16,18H,4-5,8-11,14H2,1-3H3,(H,29,33);4-5,10-11,13-14H,6-9,12H2,1-3H3,(H,29,30). The quantitative estimate of drug-likeness (QED) is 0.117. The highest BCUT2D eigenvalue weighted by molar-refractivity contribution is 7.90. The van der Waals surface area contributed by atoms with E-state index >= 15 is 0 Å². The molecule has 0 bridgehead atoms. The molecular formula is C47H57F4N9O7S2. The van der Waals surface area contributed by atoms with Crippen LogP contribution in [-0.4, -0.2) is 89.2 Å². The summed E-state index contributed by atoms with van der Waals surface area (Å²) in [5.41, 5.74) is 1.73. The second-order valence-corrected chi connectivity index (χ2v) is 24.3. The lowest BCUT2D eigenvalue weighted by Gasteiger charge is -2.30. The molecule has 0 aliphatic heterocycles. The molecule has 0 saturated heterocycles. The zero-order valence-corrected chi connectivity index (χ0v) is 40.9. The molecule has 16 nitrogen and oxygen atoms in total. The van der Waals surface area contributed by atoms with Crippen LogP contribution in [-0.2, 0) is 44.0 Å². The Morgan fingerprint density at radius 2 is 1.04 bits per heavy atom. The van der Waals surface area contributed by atoms with Gasteiger partial charge in [-0.25, -0.2) is 32.3 Å². The van der Waals surface area contributed by atoms with Crippen LogP contribution in [0.15, 0.2) is 71.0 Å². The first-order chi connectivity index (χ1) is 32.1. The van der Waals surface area contributed by atoms with E-state index in [0.29, 0.717) is 53.9 Å². The van der Waals surface area contributed by atoms with Crippen LogP contribution >= 0.6 is 0 Å². The van der Waals surface area contributed by atoms with Crippen molar-refractivity contribution >= 4 is 54.0 Å². The summed E-state index contributed by atoms with van der Waals surface area (Å²) in [6, 6.07) is 9.40. The third-order valence-electron chi connectivity index (χ3n) is 13.0. The molecule has 3 saturated carbocycles. The number of carbonyl (C=O) groups excluding carboxylic acids is 1. The summed E-state index contributed by atoms with van der Waals surface area (Å²) in [5.74, 6) is -5.09. The second kappa shape index (κ2) is 18.0. The number of carbonyl (C=O) groups is 2. The molecule has 3 aliphatic carbocycles. The molecule has 3 aliphatic rings. The molecule has 4 heterocycles. The molecule has 0 spiro atoms. The van der Waals surface area contributed by atoms with Gasteiger partial charge in [0, 0.05) is 55.6 Å². The van der Waals surface area contributed by atoms with Crippen LogP contribution < -0.4 is 5.32 Å². The van der Waals surface area contributed by atoms with Gasteiger partial charge >= 0.3 is 5.97 Å². The number of nitrogens with one attached hydrogen (secondary N) is 1. The van der Waals surface area contributed by atoms with Gasteiger partial charge in [0.05, 0.1) is 67.8 Å². The minimum atomic E-state index is -4.11. The molecule has 0 unspecified atom stereocenters. The van der Waals surface area contributed by atoms with Gasteiger partial charge < -0.3 is 19.6 Å². The van der Waals surface area contributed by atoms with Crippen LogP contribution in [0.2, 0.25) is 0 Å². The van der Waals surface area contributed by atoms with Crippen molar-refractivity contribution in [2.45, 2.75) is 157 Å². The van der Waals surface area contributed by atoms with Crippen molar-refractivity contribution in [3.63, 3.8) is 0 Å². The molecular weight excluding hydrogens is 943 g/mol. The summed E-state index contributed by atoms with van der Waals surface area (Å²) >= 11 is 0. The highest BCUT2D eigenvalue weighted by atomic mass is 32.2. The van der Waals surface area contributed by atoms with E-state index < -0.39 is 37.9 Å². The van der Waals surface area contributed by atoms with Crippen molar-refractivity contribution in [1.29, 1.82) is 0 Å². The molecule has 372 valence electrons. The Kier molecular flexibility index (Phi) is 12.9. The summed E-state index contributed by atoms with van der Waals surface area (Å²) in [4.78, 5) is 32.8. The number of carboxylic acids is 1. The van der Waals surface area contributed by atoms with E-state index in [2.05, 4.69) is 15.5 Å². The number of amides is 1. The lowest BCUT2D eigenvalue weighted by atomic mass is 9.86. The average molecular weight is 1000 g/mol. The van der Waals surface area contributed by atoms with E-state index in [-0.39, 0.29) is 81.2 Å². The third-order valence-corrected chi connectivity index (χ3v) is 16.0. The van der Waals surface area contributed by atoms with E-state index in [1.165, 1.54) is 36.7 Å². The van der Waals surface area contributed by atoms with E-state index in [4.69, 9.17) is 15.1 Å². The monoisotopic (exact) mass is 999 g/mol. The number of benzene rings is 2. The lowest BCUT2D eigenvalue weighted by Crippen LogP contribution is -2.28. The van der Waals surface area contributed by atoms with Crippen molar-refractivity contribution in [2.75, 3.05) is 0 Å². The van der Waals surface area contributed by atoms with Crippen LogP contribution in [0.3, 0.4) is 0 Å². The van der Waals surface area contributed by atoms with E-state index in [1.54, 1.807) is 12.1 Å². The normalized spacial score (nSPS) is 18.3. The van der Waals surface area contributed by atoms with Crippen LogP contribution in [0.5, 0.6) is 0 Å². The van der Waals surface area contributed by atoms with Crippen LogP contribution in [0.4, 0.5) is 17.6 Å². The Hall–Kier alpha value is -5.64. The maximum absolute atomic E-state index is 13.7. The summed E-state index contributed by atoms with van der Waals surface area (Å²) in [6.45, 7) is 13.1. The number of rotatable bonds is 11. The van der Waals surface area contributed by atoms with Crippen LogP contribution in [0, 0.1) is 11.8 Å². The molecule has 0 radical (unpaired) electrons. The first kappa shape index (κ1) is 49.8. The molecule has 69 heavy (non-hydrogen) atoms. The molecule has 0 atom stereocenters. The summed E-state index contributed by atoms with van der Waals surface area (Å²) in [6.07, 6.45) is 7.49.